The van der Waals surface area contributed by atoms with Crippen LogP contribution in [0.3, 0.4) is 0 Å². The Hall–Kier alpha value is -1.58. The van der Waals surface area contributed by atoms with Crippen LogP contribution >= 0.6 is 0 Å². The Morgan fingerprint density at radius 3 is 2.80 bits per heavy atom. The average molecular weight is 272 g/mol. The molecule has 0 saturated heterocycles. The van der Waals surface area contributed by atoms with Crippen molar-refractivity contribution >= 4 is 11.7 Å². The normalized spacial score (nSPS) is 17.4. The summed E-state index contributed by atoms with van der Waals surface area (Å²) in [6, 6.07) is 2.71. The maximum Gasteiger partial charge on any atom is 0.140 e. The summed E-state index contributed by atoms with van der Waals surface area (Å²) in [7, 11) is 0. The molecule has 0 aromatic carbocycles. The van der Waals surface area contributed by atoms with Gasteiger partial charge in [0.2, 0.25) is 0 Å². The zero-order chi connectivity index (χ0) is 14.3. The molecule has 0 unspecified atom stereocenters. The summed E-state index contributed by atoms with van der Waals surface area (Å²) in [5.41, 5.74) is 9.16. The van der Waals surface area contributed by atoms with Crippen molar-refractivity contribution in [3.63, 3.8) is 0 Å². The molecule has 0 bridgehead atoms. The zero-order valence-electron chi connectivity index (χ0n) is 12.4. The predicted octanol–water partition coefficient (Wildman–Crippen LogP) is 2.48. The molecule has 2 aliphatic carbocycles. The van der Waals surface area contributed by atoms with Crippen molar-refractivity contribution in [2.24, 2.45) is 11.7 Å². The fraction of sp³-hybridized carbons (Fsp3) is 0.625. The van der Waals surface area contributed by atoms with Gasteiger partial charge in [-0.25, -0.2) is 4.98 Å². The molecule has 1 saturated carbocycles. The number of nitrogens with two attached hydrogens (primary N) is 1. The first-order chi connectivity index (χ1) is 9.56. The van der Waals surface area contributed by atoms with Crippen LogP contribution in [0.1, 0.15) is 49.9 Å². The SMILES string of the molecule is CC(C)CN(c1nc2c(cc1C(=N)N)CCC2)C1CC1. The first-order valence-electron chi connectivity index (χ1n) is 7.70. The molecular formula is C16H24N4. The largest absolute Gasteiger partial charge is 0.384 e. The molecule has 4 heteroatoms. The highest BCUT2D eigenvalue weighted by Crippen LogP contribution is 2.35. The smallest absolute Gasteiger partial charge is 0.140 e. The van der Waals surface area contributed by atoms with Gasteiger partial charge in [-0.2, -0.15) is 0 Å². The van der Waals surface area contributed by atoms with Gasteiger partial charge in [0, 0.05) is 18.3 Å². The highest BCUT2D eigenvalue weighted by atomic mass is 15.2. The molecule has 0 spiro atoms. The standard InChI is InChI=1S/C16H24N4/c1-10(2)9-20(12-6-7-12)16-13(15(17)18)8-11-4-3-5-14(11)19-16/h8,10,12H,3-7,9H2,1-2H3,(H3,17,18). The van der Waals surface area contributed by atoms with E-state index in [-0.39, 0.29) is 5.84 Å². The molecule has 20 heavy (non-hydrogen) atoms. The van der Waals surface area contributed by atoms with Crippen molar-refractivity contribution in [3.05, 3.63) is 22.9 Å². The molecule has 3 N–H and O–H groups in total. The van der Waals surface area contributed by atoms with Gasteiger partial charge in [0.15, 0.2) is 0 Å². The number of hydrogen-bond acceptors (Lipinski definition) is 3. The van der Waals surface area contributed by atoms with Crippen LogP contribution in [0.2, 0.25) is 0 Å². The molecule has 0 aliphatic heterocycles. The molecule has 3 rings (SSSR count). The van der Waals surface area contributed by atoms with Gasteiger partial charge in [-0.3, -0.25) is 5.41 Å². The average Bonchev–Trinajstić information content (AvgIpc) is 3.12. The number of aryl methyl sites for hydroxylation is 2. The lowest BCUT2D eigenvalue weighted by Gasteiger charge is -2.28. The van der Waals surface area contributed by atoms with E-state index in [1.54, 1.807) is 0 Å². The molecule has 0 radical (unpaired) electrons. The third-order valence-corrected chi connectivity index (χ3v) is 4.14. The van der Waals surface area contributed by atoms with Crippen molar-refractivity contribution in [2.75, 3.05) is 11.4 Å². The number of rotatable bonds is 5. The Morgan fingerprint density at radius 2 is 2.20 bits per heavy atom. The van der Waals surface area contributed by atoms with Gasteiger partial charge in [-0.1, -0.05) is 13.8 Å². The Bertz CT molecular complexity index is 532. The maximum absolute atomic E-state index is 7.89. The number of pyridine rings is 1. The van der Waals surface area contributed by atoms with Gasteiger partial charge in [-0.05, 0) is 49.7 Å². The molecule has 0 atom stereocenters. The molecule has 1 heterocycles. The summed E-state index contributed by atoms with van der Waals surface area (Å²) in [6.45, 7) is 5.46. The fourth-order valence-corrected chi connectivity index (χ4v) is 3.07. The summed E-state index contributed by atoms with van der Waals surface area (Å²) >= 11 is 0. The second-order valence-electron chi connectivity index (χ2n) is 6.51. The quantitative estimate of drug-likeness (QED) is 0.639. The molecule has 1 aromatic heterocycles. The van der Waals surface area contributed by atoms with Crippen LogP contribution in [0.25, 0.3) is 0 Å². The van der Waals surface area contributed by atoms with E-state index in [0.717, 1.165) is 30.8 Å². The van der Waals surface area contributed by atoms with E-state index >= 15 is 0 Å². The van der Waals surface area contributed by atoms with Crippen molar-refractivity contribution in [1.29, 1.82) is 5.41 Å². The number of nitrogens with one attached hydrogen (secondary N) is 1. The highest BCUT2D eigenvalue weighted by Gasteiger charge is 2.33. The summed E-state index contributed by atoms with van der Waals surface area (Å²) in [4.78, 5) is 7.28. The molecule has 0 amide bonds. The Labute approximate surface area is 120 Å². The van der Waals surface area contributed by atoms with E-state index in [0.29, 0.717) is 12.0 Å². The van der Waals surface area contributed by atoms with Gasteiger partial charge in [-0.15, -0.1) is 0 Å². The topological polar surface area (TPSA) is 66.0 Å². The van der Waals surface area contributed by atoms with Crippen LogP contribution in [0.4, 0.5) is 5.82 Å². The number of fused-ring (bicyclic) bond motifs is 1. The summed E-state index contributed by atoms with van der Waals surface area (Å²) in [6.07, 6.45) is 5.81. The van der Waals surface area contributed by atoms with Gasteiger partial charge in [0.05, 0.1) is 5.56 Å². The van der Waals surface area contributed by atoms with Crippen LogP contribution in [0.5, 0.6) is 0 Å². The first-order valence-corrected chi connectivity index (χ1v) is 7.70. The van der Waals surface area contributed by atoms with E-state index in [9.17, 15) is 0 Å². The minimum Gasteiger partial charge on any atom is -0.384 e. The lowest BCUT2D eigenvalue weighted by molar-refractivity contribution is 0.601. The molecule has 2 aliphatic rings. The van der Waals surface area contributed by atoms with Crippen LogP contribution < -0.4 is 10.6 Å². The lowest BCUT2D eigenvalue weighted by atomic mass is 10.1. The van der Waals surface area contributed by atoms with E-state index in [1.165, 1.54) is 30.5 Å². The van der Waals surface area contributed by atoms with E-state index in [1.807, 2.05) is 0 Å². The van der Waals surface area contributed by atoms with Crippen molar-refractivity contribution in [2.45, 2.75) is 52.0 Å². The Morgan fingerprint density at radius 1 is 1.45 bits per heavy atom. The van der Waals surface area contributed by atoms with Gasteiger partial charge >= 0.3 is 0 Å². The van der Waals surface area contributed by atoms with Gasteiger partial charge in [0.25, 0.3) is 0 Å². The van der Waals surface area contributed by atoms with Gasteiger partial charge < -0.3 is 10.6 Å². The van der Waals surface area contributed by atoms with E-state index in [4.69, 9.17) is 16.1 Å². The molecule has 4 nitrogen and oxygen atoms in total. The van der Waals surface area contributed by atoms with Crippen molar-refractivity contribution < 1.29 is 0 Å². The Balaban J connectivity index is 2.03. The van der Waals surface area contributed by atoms with Crippen molar-refractivity contribution in [3.8, 4) is 0 Å². The summed E-state index contributed by atoms with van der Waals surface area (Å²) in [5, 5.41) is 7.89. The van der Waals surface area contributed by atoms with Crippen LogP contribution in [-0.4, -0.2) is 23.4 Å². The van der Waals surface area contributed by atoms with Crippen LogP contribution in [0, 0.1) is 11.3 Å². The number of nitrogen functional groups attached to an aromatic ring is 1. The first kappa shape index (κ1) is 13.4. The number of nitrogens with zero attached hydrogens (tertiary/aromatic N) is 2. The summed E-state index contributed by atoms with van der Waals surface area (Å²) in [5.74, 6) is 1.69. The second kappa shape index (κ2) is 5.08. The Kier molecular flexibility index (Phi) is 3.40. The van der Waals surface area contributed by atoms with E-state index < -0.39 is 0 Å². The number of anilines is 1. The number of amidine groups is 1. The summed E-state index contributed by atoms with van der Waals surface area (Å²) < 4.78 is 0. The second-order valence-corrected chi connectivity index (χ2v) is 6.51. The van der Waals surface area contributed by atoms with Crippen LogP contribution in [0.15, 0.2) is 6.07 Å². The highest BCUT2D eigenvalue weighted by molar-refractivity contribution is 6.00. The minimum atomic E-state index is 0.150. The lowest BCUT2D eigenvalue weighted by Crippen LogP contribution is -2.33. The monoisotopic (exact) mass is 272 g/mol. The minimum absolute atomic E-state index is 0.150. The fourth-order valence-electron chi connectivity index (χ4n) is 3.07. The van der Waals surface area contributed by atoms with Gasteiger partial charge in [0.1, 0.15) is 11.7 Å². The molecule has 108 valence electrons. The van der Waals surface area contributed by atoms with Crippen LogP contribution in [-0.2, 0) is 12.8 Å². The number of aromatic nitrogens is 1. The van der Waals surface area contributed by atoms with Crippen molar-refractivity contribution in [1.82, 2.24) is 4.98 Å². The molecule has 1 aromatic rings. The number of hydrogen-bond donors (Lipinski definition) is 2. The molecule has 1 fully saturated rings. The zero-order valence-corrected chi connectivity index (χ0v) is 12.4. The maximum atomic E-state index is 7.89. The third-order valence-electron chi connectivity index (χ3n) is 4.14. The molecular weight excluding hydrogens is 248 g/mol. The van der Waals surface area contributed by atoms with E-state index in [2.05, 4.69) is 24.8 Å². The third kappa shape index (κ3) is 2.51. The predicted molar refractivity (Wildman–Crippen MR) is 82.5 cm³/mol.